The van der Waals surface area contributed by atoms with Gasteiger partial charge < -0.3 is 5.11 Å². The zero-order valence-corrected chi connectivity index (χ0v) is 13.1. The van der Waals surface area contributed by atoms with Crippen LogP contribution in [0.2, 0.25) is 0 Å². The summed E-state index contributed by atoms with van der Waals surface area (Å²) < 4.78 is 0. The van der Waals surface area contributed by atoms with E-state index >= 15 is 0 Å². The van der Waals surface area contributed by atoms with Gasteiger partial charge in [0, 0.05) is 10.5 Å². The van der Waals surface area contributed by atoms with Crippen molar-refractivity contribution in [1.82, 2.24) is 4.90 Å². The van der Waals surface area contributed by atoms with E-state index in [0.717, 1.165) is 16.9 Å². The minimum atomic E-state index is -0.426. The van der Waals surface area contributed by atoms with E-state index < -0.39 is 5.05 Å². The van der Waals surface area contributed by atoms with Crippen molar-refractivity contribution in [3.8, 4) is 0 Å². The average Bonchev–Trinajstić information content (AvgIpc) is 2.53. The Morgan fingerprint density at radius 3 is 2.75 bits per heavy atom. The molecule has 1 amide bonds. The summed E-state index contributed by atoms with van der Waals surface area (Å²) in [6.07, 6.45) is 2.56. The number of fused-ring (bicyclic) bond motifs is 1. The Labute approximate surface area is 126 Å². The van der Waals surface area contributed by atoms with E-state index in [4.69, 9.17) is 0 Å². The van der Waals surface area contributed by atoms with E-state index in [9.17, 15) is 9.90 Å². The normalized spacial score (nSPS) is 25.4. The summed E-state index contributed by atoms with van der Waals surface area (Å²) in [7, 11) is 0. The number of carbonyl (C=O) groups is 1. The molecule has 6 heteroatoms. The number of hydrogen-bond donors (Lipinski definition) is 0. The Hall–Kier alpha value is 0.190. The topological polar surface area (TPSA) is 43.4 Å². The maximum absolute atomic E-state index is 11.7. The molecule has 0 aromatic carbocycles. The molecule has 0 aromatic rings. The molecule has 0 spiro atoms. The van der Waals surface area contributed by atoms with Crippen LogP contribution in [0, 0.1) is 0 Å². The zero-order valence-electron chi connectivity index (χ0n) is 9.44. The number of hydrogen-bond acceptors (Lipinski definition) is 4. The van der Waals surface area contributed by atoms with Gasteiger partial charge in [0.15, 0.2) is 0 Å². The number of β-lactam (4-membered cyclic amide) rings is 1. The SMILES string of the molecule is C/C=C1\C(=O)N2C(C([O-])=S)=C(CC)SC12.[Na+]. The average molecular weight is 263 g/mol. The summed E-state index contributed by atoms with van der Waals surface area (Å²) in [5.41, 5.74) is 1.20. The van der Waals surface area contributed by atoms with E-state index in [2.05, 4.69) is 12.2 Å². The molecule has 80 valence electrons. The zero-order chi connectivity index (χ0) is 11.2. The summed E-state index contributed by atoms with van der Waals surface area (Å²) in [5.74, 6) is -0.0772. The van der Waals surface area contributed by atoms with Crippen LogP contribution in [0.15, 0.2) is 22.3 Å². The summed E-state index contributed by atoms with van der Waals surface area (Å²) in [6, 6.07) is 0. The molecule has 1 fully saturated rings. The molecular formula is C10H10NNaO2S2. The van der Waals surface area contributed by atoms with E-state index in [0.29, 0.717) is 5.70 Å². The van der Waals surface area contributed by atoms with Gasteiger partial charge in [-0.05, 0) is 18.4 Å². The number of thiocarbonyl (C=S) groups is 1. The fourth-order valence-corrected chi connectivity index (χ4v) is 3.51. The molecule has 2 rings (SSSR count). The Balaban J connectivity index is 0.00000128. The molecule has 2 heterocycles. The minimum absolute atomic E-state index is 0. The van der Waals surface area contributed by atoms with Gasteiger partial charge in [-0.2, -0.15) is 0 Å². The molecule has 0 radical (unpaired) electrons. The molecule has 0 aliphatic carbocycles. The first kappa shape index (κ1) is 14.3. The van der Waals surface area contributed by atoms with Gasteiger partial charge in [0.05, 0.1) is 5.70 Å². The minimum Gasteiger partial charge on any atom is -0.863 e. The molecule has 0 N–H and O–H groups in total. The van der Waals surface area contributed by atoms with E-state index in [1.165, 1.54) is 4.90 Å². The molecule has 0 aromatic heterocycles. The quantitative estimate of drug-likeness (QED) is 0.254. The largest absolute Gasteiger partial charge is 1.00 e. The van der Waals surface area contributed by atoms with Crippen LogP contribution < -0.4 is 34.7 Å². The number of allylic oxidation sites excluding steroid dienone is 2. The first-order valence-electron chi connectivity index (χ1n) is 4.72. The van der Waals surface area contributed by atoms with Crippen LogP contribution in [-0.4, -0.2) is 21.2 Å². The van der Waals surface area contributed by atoms with Gasteiger partial charge >= 0.3 is 29.6 Å². The second-order valence-corrected chi connectivity index (χ2v) is 4.85. The van der Waals surface area contributed by atoms with Gasteiger partial charge in [-0.3, -0.25) is 9.69 Å². The summed E-state index contributed by atoms with van der Waals surface area (Å²) >= 11 is 6.21. The van der Waals surface area contributed by atoms with Gasteiger partial charge in [0.25, 0.3) is 5.91 Å². The van der Waals surface area contributed by atoms with Crippen molar-refractivity contribution in [3.05, 3.63) is 22.3 Å². The first-order chi connectivity index (χ1) is 7.11. The van der Waals surface area contributed by atoms with E-state index in [1.807, 2.05) is 13.8 Å². The number of rotatable bonds is 2. The molecular weight excluding hydrogens is 253 g/mol. The smallest absolute Gasteiger partial charge is 0.863 e. The van der Waals surface area contributed by atoms with Gasteiger partial charge in [-0.1, -0.05) is 37.0 Å². The number of amides is 1. The molecule has 3 nitrogen and oxygen atoms in total. The predicted octanol–water partition coefficient (Wildman–Crippen LogP) is -1.84. The third-order valence-corrected chi connectivity index (χ3v) is 4.20. The first-order valence-corrected chi connectivity index (χ1v) is 6.01. The van der Waals surface area contributed by atoms with Crippen molar-refractivity contribution in [2.24, 2.45) is 0 Å². The van der Waals surface area contributed by atoms with Crippen molar-refractivity contribution in [1.29, 1.82) is 0 Å². The molecule has 16 heavy (non-hydrogen) atoms. The van der Waals surface area contributed by atoms with Gasteiger partial charge in [-0.15, -0.1) is 0 Å². The maximum Gasteiger partial charge on any atom is 1.00 e. The molecule has 1 atom stereocenters. The number of carbonyl (C=O) groups excluding carboxylic acids is 1. The van der Waals surface area contributed by atoms with E-state index in [-0.39, 0.29) is 40.8 Å². The second-order valence-electron chi connectivity index (χ2n) is 3.30. The standard InChI is InChI=1S/C10H11NO2S2.Na/c1-3-5-8(12)11-7(10(13)14)6(4-2)15-9(5)11;/h3,9H,4H2,1-2H3,(H,13,14);/q;+1/p-1/b5-3+;. The number of thioether (sulfide) groups is 1. The summed E-state index contributed by atoms with van der Waals surface area (Å²) in [4.78, 5) is 14.1. The van der Waals surface area contributed by atoms with Gasteiger partial charge in [-0.25, -0.2) is 0 Å². The second kappa shape index (κ2) is 5.23. The monoisotopic (exact) mass is 263 g/mol. The third-order valence-electron chi connectivity index (χ3n) is 2.55. The van der Waals surface area contributed by atoms with Crippen molar-refractivity contribution in [2.75, 3.05) is 0 Å². The van der Waals surface area contributed by atoms with Crippen molar-refractivity contribution in [3.63, 3.8) is 0 Å². The Bertz CT molecular complexity index is 417. The molecule has 0 bridgehead atoms. The molecule has 2 aliphatic heterocycles. The van der Waals surface area contributed by atoms with Crippen LogP contribution in [0.5, 0.6) is 0 Å². The molecule has 0 saturated carbocycles. The van der Waals surface area contributed by atoms with Crippen LogP contribution in [0.1, 0.15) is 20.3 Å². The summed E-state index contributed by atoms with van der Waals surface area (Å²) in [6.45, 7) is 3.80. The van der Waals surface area contributed by atoms with Crippen LogP contribution in [0.3, 0.4) is 0 Å². The number of nitrogens with zero attached hydrogens (tertiary/aromatic N) is 1. The Morgan fingerprint density at radius 2 is 2.31 bits per heavy atom. The maximum atomic E-state index is 11.7. The predicted molar refractivity (Wildman–Crippen MR) is 61.9 cm³/mol. The van der Waals surface area contributed by atoms with Gasteiger partial charge in [0.1, 0.15) is 5.37 Å². The molecule has 1 saturated heterocycles. The Kier molecular flexibility index (Phi) is 4.66. The van der Waals surface area contributed by atoms with Crippen molar-refractivity contribution >= 4 is 34.9 Å². The van der Waals surface area contributed by atoms with Crippen LogP contribution in [0.4, 0.5) is 0 Å². The summed E-state index contributed by atoms with van der Waals surface area (Å²) in [5, 5.41) is 10.8. The fourth-order valence-electron chi connectivity index (χ4n) is 1.81. The van der Waals surface area contributed by atoms with Gasteiger partial charge in [0.2, 0.25) is 0 Å². The fraction of sp³-hybridized carbons (Fsp3) is 0.400. The van der Waals surface area contributed by atoms with Crippen LogP contribution in [-0.2, 0) is 4.79 Å². The third kappa shape index (κ3) is 1.88. The molecule has 1 unspecified atom stereocenters. The Morgan fingerprint density at radius 1 is 1.69 bits per heavy atom. The molecule has 2 aliphatic rings. The van der Waals surface area contributed by atoms with Crippen molar-refractivity contribution < 1.29 is 39.5 Å². The van der Waals surface area contributed by atoms with Crippen molar-refractivity contribution in [2.45, 2.75) is 25.6 Å². The van der Waals surface area contributed by atoms with E-state index in [1.54, 1.807) is 17.8 Å². The van der Waals surface area contributed by atoms with Crippen LogP contribution in [0.25, 0.3) is 0 Å². The van der Waals surface area contributed by atoms with Crippen LogP contribution >= 0.6 is 24.0 Å².